The van der Waals surface area contributed by atoms with Crippen molar-refractivity contribution < 1.29 is 13.9 Å². The molecule has 2 aromatic carbocycles. The van der Waals surface area contributed by atoms with E-state index in [-0.39, 0.29) is 5.78 Å². The van der Waals surface area contributed by atoms with Crippen LogP contribution in [0, 0.1) is 0 Å². The molecule has 0 radical (unpaired) electrons. The number of ketones is 1. The van der Waals surface area contributed by atoms with Crippen molar-refractivity contribution in [2.75, 3.05) is 26.2 Å². The van der Waals surface area contributed by atoms with Gasteiger partial charge in [-0.05, 0) is 88.8 Å². The highest BCUT2D eigenvalue weighted by Gasteiger charge is 2.23. The lowest BCUT2D eigenvalue weighted by Crippen LogP contribution is -2.22. The Morgan fingerprint density at radius 1 is 1.09 bits per heavy atom. The molecule has 0 unspecified atom stereocenters. The van der Waals surface area contributed by atoms with Crippen LogP contribution in [0.15, 0.2) is 49.8 Å². The van der Waals surface area contributed by atoms with Gasteiger partial charge in [0, 0.05) is 23.9 Å². The maximum absolute atomic E-state index is 13.6. The summed E-state index contributed by atoms with van der Waals surface area (Å²) in [5, 5.41) is 0.873. The Morgan fingerprint density at radius 3 is 2.53 bits per heavy atom. The summed E-state index contributed by atoms with van der Waals surface area (Å²) >= 11 is 7.23. The van der Waals surface area contributed by atoms with Crippen molar-refractivity contribution in [2.45, 2.75) is 45.4 Å². The van der Waals surface area contributed by atoms with Gasteiger partial charge in [-0.25, -0.2) is 0 Å². The minimum Gasteiger partial charge on any atom is -0.491 e. The molecule has 1 aliphatic rings. The van der Waals surface area contributed by atoms with E-state index in [4.69, 9.17) is 9.15 Å². The van der Waals surface area contributed by atoms with Crippen molar-refractivity contribution >= 4 is 48.6 Å². The molecule has 0 aliphatic carbocycles. The first-order valence-electron chi connectivity index (χ1n) is 11.5. The van der Waals surface area contributed by atoms with Crippen molar-refractivity contribution in [3.05, 3.63) is 62.2 Å². The van der Waals surface area contributed by atoms with Crippen LogP contribution in [0.3, 0.4) is 0 Å². The molecule has 32 heavy (non-hydrogen) atoms. The van der Waals surface area contributed by atoms with E-state index in [1.54, 1.807) is 0 Å². The lowest BCUT2D eigenvalue weighted by Gasteiger charge is -2.16. The lowest BCUT2D eigenvalue weighted by molar-refractivity contribution is 0.103. The van der Waals surface area contributed by atoms with Crippen molar-refractivity contribution in [3.8, 4) is 5.75 Å². The van der Waals surface area contributed by atoms with E-state index in [0.717, 1.165) is 63.7 Å². The van der Waals surface area contributed by atoms with Crippen LogP contribution in [-0.2, 0) is 6.42 Å². The normalized spacial score (nSPS) is 14.3. The summed E-state index contributed by atoms with van der Waals surface area (Å²) in [4.78, 5) is 16.1. The zero-order valence-corrected chi connectivity index (χ0v) is 21.6. The van der Waals surface area contributed by atoms with Crippen molar-refractivity contribution in [1.29, 1.82) is 0 Å². The second-order valence-electron chi connectivity index (χ2n) is 8.35. The minimum atomic E-state index is -0.0250. The molecule has 2 heterocycles. The first kappa shape index (κ1) is 23.5. The number of furan rings is 1. The minimum absolute atomic E-state index is 0.0250. The third-order valence-corrected chi connectivity index (χ3v) is 7.16. The molecule has 0 atom stereocenters. The van der Waals surface area contributed by atoms with Crippen LogP contribution in [0.1, 0.15) is 60.7 Å². The number of para-hydroxylation sites is 1. The first-order valence-corrected chi connectivity index (χ1v) is 13.1. The Kier molecular flexibility index (Phi) is 8.08. The zero-order valence-electron chi connectivity index (χ0n) is 18.5. The number of rotatable bonds is 10. The maximum atomic E-state index is 13.6. The second-order valence-corrected chi connectivity index (χ2v) is 10.1. The Balaban J connectivity index is 1.53. The number of carbonyl (C=O) groups excluding carboxylic acids is 1. The van der Waals surface area contributed by atoms with Crippen LogP contribution in [0.5, 0.6) is 5.75 Å². The van der Waals surface area contributed by atoms with Crippen molar-refractivity contribution in [2.24, 2.45) is 0 Å². The predicted molar refractivity (Wildman–Crippen MR) is 136 cm³/mol. The molecule has 0 N–H and O–H groups in total. The molecule has 0 bridgehead atoms. The molecule has 1 aliphatic heterocycles. The van der Waals surface area contributed by atoms with Gasteiger partial charge in [-0.2, -0.15) is 0 Å². The fourth-order valence-corrected chi connectivity index (χ4v) is 5.72. The van der Waals surface area contributed by atoms with Crippen LogP contribution < -0.4 is 4.74 Å². The summed E-state index contributed by atoms with van der Waals surface area (Å²) in [5.74, 6) is 1.49. The van der Waals surface area contributed by atoms with Gasteiger partial charge in [0.15, 0.2) is 5.78 Å². The topological polar surface area (TPSA) is 42.7 Å². The standard InChI is InChI=1S/C26H29Br2NO3/c1-2-3-10-23-24(19-9-4-5-11-22(19)32-23)25(30)18-16-20(27)26(21(28)17-18)31-15-8-14-29-12-6-7-13-29/h4-5,9,11,16-17H,2-3,6-8,10,12-15H2,1H3. The average molecular weight is 563 g/mol. The van der Waals surface area contributed by atoms with Crippen molar-refractivity contribution in [3.63, 3.8) is 0 Å². The number of halogens is 2. The quantitative estimate of drug-likeness (QED) is 0.191. The van der Waals surface area contributed by atoms with Gasteiger partial charge in [0.1, 0.15) is 17.1 Å². The van der Waals surface area contributed by atoms with E-state index < -0.39 is 0 Å². The van der Waals surface area contributed by atoms with Gasteiger partial charge in [-0.15, -0.1) is 0 Å². The SMILES string of the molecule is CCCCc1oc2ccccc2c1C(=O)c1cc(Br)c(OCCCN2CCCC2)c(Br)c1. The van der Waals surface area contributed by atoms with E-state index in [0.29, 0.717) is 17.7 Å². The van der Waals surface area contributed by atoms with Gasteiger partial charge >= 0.3 is 0 Å². The van der Waals surface area contributed by atoms with Gasteiger partial charge in [-0.1, -0.05) is 31.5 Å². The fraction of sp³-hybridized carbons (Fsp3) is 0.423. The van der Waals surface area contributed by atoms with Crippen LogP contribution in [-0.4, -0.2) is 36.9 Å². The Hall–Kier alpha value is -1.63. The van der Waals surface area contributed by atoms with Gasteiger partial charge in [0.2, 0.25) is 0 Å². The molecule has 1 saturated heterocycles. The Morgan fingerprint density at radius 2 is 1.81 bits per heavy atom. The smallest absolute Gasteiger partial charge is 0.197 e. The molecule has 0 saturated carbocycles. The summed E-state index contributed by atoms with van der Waals surface area (Å²) in [6, 6.07) is 11.5. The fourth-order valence-electron chi connectivity index (χ4n) is 4.30. The molecule has 170 valence electrons. The number of likely N-dealkylation sites (tertiary alicyclic amines) is 1. The number of fused-ring (bicyclic) bond motifs is 1. The summed E-state index contributed by atoms with van der Waals surface area (Å²) in [6.07, 6.45) is 6.39. The van der Waals surface area contributed by atoms with Crippen LogP contribution in [0.25, 0.3) is 11.0 Å². The molecular weight excluding hydrogens is 534 g/mol. The van der Waals surface area contributed by atoms with E-state index in [1.165, 1.54) is 25.9 Å². The highest BCUT2D eigenvalue weighted by atomic mass is 79.9. The third kappa shape index (κ3) is 5.29. The summed E-state index contributed by atoms with van der Waals surface area (Å²) in [5.41, 5.74) is 2.04. The molecule has 4 rings (SSSR count). The van der Waals surface area contributed by atoms with E-state index in [1.807, 2.05) is 36.4 Å². The van der Waals surface area contributed by atoms with E-state index in [2.05, 4.69) is 43.7 Å². The molecule has 3 aromatic rings. The molecule has 0 spiro atoms. The van der Waals surface area contributed by atoms with Crippen molar-refractivity contribution in [1.82, 2.24) is 4.90 Å². The van der Waals surface area contributed by atoms with Gasteiger partial charge < -0.3 is 14.1 Å². The number of unbranched alkanes of at least 4 members (excludes halogenated alkanes) is 1. The number of benzene rings is 2. The number of hydrogen-bond acceptors (Lipinski definition) is 4. The molecule has 1 fully saturated rings. The zero-order chi connectivity index (χ0) is 22.5. The Bertz CT molecular complexity index is 1060. The van der Waals surface area contributed by atoms with Gasteiger partial charge in [0.25, 0.3) is 0 Å². The summed E-state index contributed by atoms with van der Waals surface area (Å²) < 4.78 is 13.7. The highest BCUT2D eigenvalue weighted by molar-refractivity contribution is 9.11. The summed E-state index contributed by atoms with van der Waals surface area (Å²) in [7, 11) is 0. The molecular formula is C26H29Br2NO3. The maximum Gasteiger partial charge on any atom is 0.197 e. The molecule has 4 nitrogen and oxygen atoms in total. The van der Waals surface area contributed by atoms with Crippen LogP contribution in [0.4, 0.5) is 0 Å². The van der Waals surface area contributed by atoms with E-state index in [9.17, 15) is 4.79 Å². The van der Waals surface area contributed by atoms with Gasteiger partial charge in [-0.3, -0.25) is 4.79 Å². The first-order chi connectivity index (χ1) is 15.6. The van der Waals surface area contributed by atoms with E-state index >= 15 is 0 Å². The number of carbonyl (C=O) groups is 1. The third-order valence-electron chi connectivity index (χ3n) is 5.98. The molecule has 1 aromatic heterocycles. The number of nitrogens with zero attached hydrogens (tertiary/aromatic N) is 1. The predicted octanol–water partition coefficient (Wildman–Crippen LogP) is 7.40. The molecule has 6 heteroatoms. The average Bonchev–Trinajstić information content (AvgIpc) is 3.43. The largest absolute Gasteiger partial charge is 0.491 e. The monoisotopic (exact) mass is 561 g/mol. The highest BCUT2D eigenvalue weighted by Crippen LogP contribution is 2.37. The summed E-state index contributed by atoms with van der Waals surface area (Å²) in [6.45, 7) is 6.26. The number of aryl methyl sites for hydroxylation is 1. The Labute approximate surface area is 206 Å². The van der Waals surface area contributed by atoms with Crippen LogP contribution >= 0.6 is 31.9 Å². The molecule has 0 amide bonds. The number of hydrogen-bond donors (Lipinski definition) is 0. The van der Waals surface area contributed by atoms with Crippen LogP contribution in [0.2, 0.25) is 0 Å². The number of ether oxygens (including phenoxy) is 1. The second kappa shape index (κ2) is 11.0. The van der Waals surface area contributed by atoms with Gasteiger partial charge in [0.05, 0.1) is 21.1 Å². The lowest BCUT2D eigenvalue weighted by atomic mass is 9.98.